The molecule has 2 aliphatic rings. The Kier molecular flexibility index (Phi) is 5.86. The van der Waals surface area contributed by atoms with Gasteiger partial charge in [-0.1, -0.05) is 13.8 Å². The van der Waals surface area contributed by atoms with E-state index in [4.69, 9.17) is 4.98 Å². The van der Waals surface area contributed by atoms with Crippen LogP contribution in [0.4, 0.5) is 0 Å². The number of fused-ring (bicyclic) bond motifs is 1. The molecule has 2 amide bonds. The number of hydrogen-bond donors (Lipinski definition) is 0. The number of amides is 2. The summed E-state index contributed by atoms with van der Waals surface area (Å²) in [5, 5.41) is 0. The molecule has 7 heteroatoms. The Morgan fingerprint density at radius 3 is 2.73 bits per heavy atom. The maximum Gasteiger partial charge on any atom is 0.237 e. The van der Waals surface area contributed by atoms with E-state index in [0.29, 0.717) is 19.6 Å². The van der Waals surface area contributed by atoms with Gasteiger partial charge in [0.05, 0.1) is 18.3 Å². The van der Waals surface area contributed by atoms with Crippen LogP contribution in [0.5, 0.6) is 0 Å². The normalized spacial score (nSPS) is 19.8. The third-order valence-electron chi connectivity index (χ3n) is 5.51. The number of hydrogen-bond acceptors (Lipinski definition) is 5. The predicted molar refractivity (Wildman–Crippen MR) is 98.3 cm³/mol. The average Bonchev–Trinajstić information content (AvgIpc) is 3.15. The lowest BCUT2D eigenvalue weighted by molar-refractivity contribution is -0.133. The Hall–Kier alpha value is -2.02. The van der Waals surface area contributed by atoms with Crippen LogP contribution in [0.25, 0.3) is 0 Å². The van der Waals surface area contributed by atoms with Crippen LogP contribution in [-0.2, 0) is 22.6 Å². The van der Waals surface area contributed by atoms with E-state index in [1.807, 2.05) is 16.0 Å². The van der Waals surface area contributed by atoms with Crippen molar-refractivity contribution in [3.8, 4) is 0 Å². The SMILES string of the molecule is CCN(CC)CC(=O)N1CCc2nc(C3CCCN3C(C)=O)ncc2C1. The van der Waals surface area contributed by atoms with Gasteiger partial charge in [-0.15, -0.1) is 0 Å². The van der Waals surface area contributed by atoms with Crippen molar-refractivity contribution in [2.24, 2.45) is 0 Å². The van der Waals surface area contributed by atoms with Gasteiger partial charge < -0.3 is 9.80 Å². The van der Waals surface area contributed by atoms with Gasteiger partial charge in [-0.2, -0.15) is 0 Å². The summed E-state index contributed by atoms with van der Waals surface area (Å²) in [7, 11) is 0. The van der Waals surface area contributed by atoms with Crippen molar-refractivity contribution in [2.75, 3.05) is 32.7 Å². The molecule has 1 aromatic rings. The predicted octanol–water partition coefficient (Wildman–Crippen LogP) is 1.39. The van der Waals surface area contributed by atoms with Gasteiger partial charge in [0.25, 0.3) is 0 Å². The van der Waals surface area contributed by atoms with Crippen LogP contribution < -0.4 is 0 Å². The minimum atomic E-state index is 0.000119. The number of nitrogens with zero attached hydrogens (tertiary/aromatic N) is 5. The summed E-state index contributed by atoms with van der Waals surface area (Å²) in [6, 6.07) is 0.000119. The molecule has 0 aromatic carbocycles. The Bertz CT molecular complexity index is 674. The molecule has 0 N–H and O–H groups in total. The lowest BCUT2D eigenvalue weighted by atomic mass is 10.1. The molecule has 3 heterocycles. The fourth-order valence-electron chi connectivity index (χ4n) is 3.86. The molecule has 1 fully saturated rings. The summed E-state index contributed by atoms with van der Waals surface area (Å²) < 4.78 is 0. The van der Waals surface area contributed by atoms with Crippen molar-refractivity contribution in [1.29, 1.82) is 0 Å². The van der Waals surface area contributed by atoms with Gasteiger partial charge in [0.1, 0.15) is 0 Å². The molecule has 0 radical (unpaired) electrons. The van der Waals surface area contributed by atoms with Gasteiger partial charge in [0.2, 0.25) is 11.8 Å². The molecule has 26 heavy (non-hydrogen) atoms. The first-order valence-corrected chi connectivity index (χ1v) is 9.65. The van der Waals surface area contributed by atoms with E-state index in [0.717, 1.165) is 56.0 Å². The fourth-order valence-corrected chi connectivity index (χ4v) is 3.86. The van der Waals surface area contributed by atoms with Crippen molar-refractivity contribution in [3.05, 3.63) is 23.3 Å². The zero-order valence-electron chi connectivity index (χ0n) is 16.1. The smallest absolute Gasteiger partial charge is 0.237 e. The third kappa shape index (κ3) is 3.87. The largest absolute Gasteiger partial charge is 0.337 e. The van der Waals surface area contributed by atoms with Crippen LogP contribution in [0.3, 0.4) is 0 Å². The minimum Gasteiger partial charge on any atom is -0.337 e. The van der Waals surface area contributed by atoms with E-state index >= 15 is 0 Å². The van der Waals surface area contributed by atoms with Gasteiger partial charge in [-0.25, -0.2) is 9.97 Å². The second-order valence-corrected chi connectivity index (χ2v) is 7.10. The molecule has 1 saturated heterocycles. The Morgan fingerprint density at radius 2 is 2.04 bits per heavy atom. The van der Waals surface area contributed by atoms with E-state index in [2.05, 4.69) is 23.7 Å². The second kappa shape index (κ2) is 8.12. The molecule has 2 aliphatic heterocycles. The quantitative estimate of drug-likeness (QED) is 0.795. The van der Waals surface area contributed by atoms with Gasteiger partial charge >= 0.3 is 0 Å². The van der Waals surface area contributed by atoms with Gasteiger partial charge in [-0.3, -0.25) is 14.5 Å². The molecule has 0 aliphatic carbocycles. The summed E-state index contributed by atoms with van der Waals surface area (Å²) in [4.78, 5) is 39.5. The zero-order chi connectivity index (χ0) is 18.7. The number of likely N-dealkylation sites (tertiary alicyclic amines) is 1. The average molecular weight is 359 g/mol. The van der Waals surface area contributed by atoms with Crippen LogP contribution in [0, 0.1) is 0 Å². The van der Waals surface area contributed by atoms with E-state index in [1.54, 1.807) is 6.92 Å². The molecule has 142 valence electrons. The van der Waals surface area contributed by atoms with Crippen LogP contribution >= 0.6 is 0 Å². The first-order valence-electron chi connectivity index (χ1n) is 9.65. The Balaban J connectivity index is 1.69. The first-order chi connectivity index (χ1) is 12.5. The molecule has 1 aromatic heterocycles. The van der Waals surface area contributed by atoms with Crippen LogP contribution in [0.15, 0.2) is 6.20 Å². The highest BCUT2D eigenvalue weighted by atomic mass is 16.2. The summed E-state index contributed by atoms with van der Waals surface area (Å²) in [5.41, 5.74) is 2.05. The highest BCUT2D eigenvalue weighted by Gasteiger charge is 2.31. The van der Waals surface area contributed by atoms with E-state index in [-0.39, 0.29) is 17.9 Å². The zero-order valence-corrected chi connectivity index (χ0v) is 16.1. The molecule has 0 bridgehead atoms. The Labute approximate surface area is 155 Å². The maximum atomic E-state index is 12.5. The standard InChI is InChI=1S/C19H29N5O2/c1-4-22(5-2)13-18(26)23-10-8-16-15(12-23)11-20-19(21-16)17-7-6-9-24(17)14(3)25/h11,17H,4-10,12-13H2,1-3H3. The summed E-state index contributed by atoms with van der Waals surface area (Å²) in [5.74, 6) is 1.00. The Morgan fingerprint density at radius 1 is 1.27 bits per heavy atom. The number of likely N-dealkylation sites (N-methyl/N-ethyl adjacent to an activating group) is 1. The monoisotopic (exact) mass is 359 g/mol. The number of carbonyl (C=O) groups excluding carboxylic acids is 2. The highest BCUT2D eigenvalue weighted by molar-refractivity contribution is 5.78. The van der Waals surface area contributed by atoms with Gasteiger partial charge in [-0.05, 0) is 25.9 Å². The molecule has 0 spiro atoms. The van der Waals surface area contributed by atoms with E-state index in [9.17, 15) is 9.59 Å². The molecule has 1 atom stereocenters. The molecule has 3 rings (SSSR count). The van der Waals surface area contributed by atoms with Crippen LogP contribution in [-0.4, -0.2) is 69.2 Å². The lowest BCUT2D eigenvalue weighted by Gasteiger charge is -2.31. The van der Waals surface area contributed by atoms with Gasteiger partial charge in [0, 0.05) is 44.7 Å². The summed E-state index contributed by atoms with van der Waals surface area (Å²) in [6.07, 6.45) is 4.53. The molecule has 1 unspecified atom stereocenters. The number of carbonyl (C=O) groups is 2. The van der Waals surface area contributed by atoms with Crippen LogP contribution in [0.1, 0.15) is 56.7 Å². The van der Waals surface area contributed by atoms with Crippen molar-refractivity contribution in [3.63, 3.8) is 0 Å². The maximum absolute atomic E-state index is 12.5. The first kappa shape index (κ1) is 18.8. The second-order valence-electron chi connectivity index (χ2n) is 7.10. The lowest BCUT2D eigenvalue weighted by Crippen LogP contribution is -2.43. The van der Waals surface area contributed by atoms with Gasteiger partial charge in [0.15, 0.2) is 5.82 Å². The molecular weight excluding hydrogens is 330 g/mol. The third-order valence-corrected chi connectivity index (χ3v) is 5.51. The van der Waals surface area contributed by atoms with Crippen LogP contribution in [0.2, 0.25) is 0 Å². The van der Waals surface area contributed by atoms with Crippen molar-refractivity contribution < 1.29 is 9.59 Å². The molecule has 0 saturated carbocycles. The number of rotatable bonds is 5. The molecule has 7 nitrogen and oxygen atoms in total. The van der Waals surface area contributed by atoms with E-state index < -0.39 is 0 Å². The van der Waals surface area contributed by atoms with Crippen molar-refractivity contribution >= 4 is 11.8 Å². The van der Waals surface area contributed by atoms with Crippen molar-refractivity contribution in [1.82, 2.24) is 24.7 Å². The summed E-state index contributed by atoms with van der Waals surface area (Å²) in [6.45, 7) is 10.1. The van der Waals surface area contributed by atoms with Crippen molar-refractivity contribution in [2.45, 2.75) is 52.6 Å². The highest BCUT2D eigenvalue weighted by Crippen LogP contribution is 2.30. The molecular formula is C19H29N5O2. The summed E-state index contributed by atoms with van der Waals surface area (Å²) >= 11 is 0. The minimum absolute atomic E-state index is 0.000119. The number of aromatic nitrogens is 2. The topological polar surface area (TPSA) is 69.6 Å². The van der Waals surface area contributed by atoms with E-state index in [1.165, 1.54) is 0 Å². The fraction of sp³-hybridized carbons (Fsp3) is 0.684.